The summed E-state index contributed by atoms with van der Waals surface area (Å²) in [6, 6.07) is 6.25. The number of benzene rings is 1. The summed E-state index contributed by atoms with van der Waals surface area (Å²) in [6.45, 7) is 2.62. The van der Waals surface area contributed by atoms with E-state index in [-0.39, 0.29) is 58.9 Å². The highest BCUT2D eigenvalue weighted by Crippen LogP contribution is 2.75. The number of hydrogen-bond acceptors (Lipinski definition) is 11. The fourth-order valence-corrected chi connectivity index (χ4v) is 8.78. The molecule has 4 heterocycles. The standard InChI is InChI=1S/C36H42N8O7/c1-4-25-31(41-9-11-42(12-10-41)34(49)29-21(17-45)13-24(50-2)15-26(29)46)32(48)30-33(40-44(39-30)23-7-8-37-28(14-23)51-3)43(25)16-27(47)38-36-18-35(19-36,20-36)22-5-6-22/h7-8,13-15,22,45-46H,4-6,9-12,16-20H2,1-3H3,(H,38,47). The average molecular weight is 699 g/mol. The zero-order valence-electron chi connectivity index (χ0n) is 29.0. The van der Waals surface area contributed by atoms with Crippen LogP contribution in [0.15, 0.2) is 35.3 Å². The highest BCUT2D eigenvalue weighted by Gasteiger charge is 2.72. The van der Waals surface area contributed by atoms with E-state index in [1.807, 2.05) is 16.4 Å². The molecule has 0 unspecified atom stereocenters. The minimum absolute atomic E-state index is 0.0203. The molecule has 0 atom stereocenters. The van der Waals surface area contributed by atoms with Gasteiger partial charge in [0.05, 0.1) is 32.1 Å². The number of amides is 2. The second kappa shape index (κ2) is 12.2. The molecule has 4 aromatic rings. The average Bonchev–Trinajstić information content (AvgIpc) is 3.86. The third-order valence-corrected chi connectivity index (χ3v) is 11.3. The molecule has 1 aliphatic heterocycles. The smallest absolute Gasteiger partial charge is 0.258 e. The zero-order chi connectivity index (χ0) is 35.7. The summed E-state index contributed by atoms with van der Waals surface area (Å²) in [5.74, 6) is 0.688. The summed E-state index contributed by atoms with van der Waals surface area (Å²) in [4.78, 5) is 50.8. The van der Waals surface area contributed by atoms with Gasteiger partial charge in [0.25, 0.3) is 5.91 Å². The van der Waals surface area contributed by atoms with E-state index in [2.05, 4.69) is 15.4 Å². The first-order valence-electron chi connectivity index (χ1n) is 17.5. The number of aliphatic hydroxyl groups excluding tert-OH is 1. The lowest BCUT2D eigenvalue weighted by molar-refractivity contribution is -0.176. The third kappa shape index (κ3) is 5.45. The SMILES string of the molecule is CCc1c(N2CCN(C(=O)c3c(O)cc(OC)cc3CO)CC2)c(=O)c2nn(-c3ccnc(OC)c3)nc2n1CC(=O)NC12CC(C3CC3)(C1)C2. The number of nitrogens with zero attached hydrogens (tertiary/aromatic N) is 7. The van der Waals surface area contributed by atoms with Crippen LogP contribution in [0.3, 0.4) is 0 Å². The van der Waals surface area contributed by atoms with Crippen LogP contribution < -0.4 is 25.1 Å². The largest absolute Gasteiger partial charge is 0.507 e. The van der Waals surface area contributed by atoms with Crippen molar-refractivity contribution in [1.29, 1.82) is 0 Å². The van der Waals surface area contributed by atoms with Gasteiger partial charge in [-0.1, -0.05) is 6.92 Å². The number of rotatable bonds is 11. The van der Waals surface area contributed by atoms with Gasteiger partial charge in [0, 0.05) is 55.7 Å². The Bertz CT molecular complexity index is 2090. The van der Waals surface area contributed by atoms with Crippen LogP contribution in [0.1, 0.15) is 60.6 Å². The first-order valence-corrected chi connectivity index (χ1v) is 17.5. The molecular formula is C36H42N8O7. The predicted molar refractivity (Wildman–Crippen MR) is 185 cm³/mol. The maximum Gasteiger partial charge on any atom is 0.258 e. The van der Waals surface area contributed by atoms with Crippen molar-refractivity contribution < 1.29 is 29.3 Å². The van der Waals surface area contributed by atoms with Gasteiger partial charge in [0.1, 0.15) is 23.7 Å². The molecule has 1 saturated heterocycles. The van der Waals surface area contributed by atoms with Crippen LogP contribution in [0.2, 0.25) is 0 Å². The van der Waals surface area contributed by atoms with Crippen molar-refractivity contribution in [2.45, 2.75) is 64.1 Å². The molecule has 4 aliphatic carbocycles. The molecule has 9 rings (SSSR count). The lowest BCUT2D eigenvalue weighted by Crippen LogP contribution is -2.75. The molecule has 51 heavy (non-hydrogen) atoms. The van der Waals surface area contributed by atoms with E-state index >= 15 is 0 Å². The van der Waals surface area contributed by atoms with Gasteiger partial charge >= 0.3 is 0 Å². The first-order chi connectivity index (χ1) is 24.6. The summed E-state index contributed by atoms with van der Waals surface area (Å²) in [7, 11) is 2.95. The number of aromatic hydroxyl groups is 1. The number of carbonyl (C=O) groups excluding carboxylic acids is 2. The van der Waals surface area contributed by atoms with Crippen LogP contribution in [0.25, 0.3) is 16.9 Å². The Balaban J connectivity index is 1.11. The molecule has 3 aromatic heterocycles. The number of aromatic nitrogens is 5. The molecular weight excluding hydrogens is 656 g/mol. The predicted octanol–water partition coefficient (Wildman–Crippen LogP) is 2.17. The first kappa shape index (κ1) is 33.0. The van der Waals surface area contributed by atoms with Crippen LogP contribution >= 0.6 is 0 Å². The maximum atomic E-state index is 14.4. The van der Waals surface area contributed by atoms with Gasteiger partial charge in [0.15, 0.2) is 11.2 Å². The lowest BCUT2D eigenvalue weighted by Gasteiger charge is -2.71. The number of pyridine rings is 2. The maximum absolute atomic E-state index is 14.4. The molecule has 15 nitrogen and oxygen atoms in total. The van der Waals surface area contributed by atoms with E-state index < -0.39 is 12.5 Å². The summed E-state index contributed by atoms with van der Waals surface area (Å²) in [5, 5.41) is 33.3. The second-order valence-electron chi connectivity index (χ2n) is 14.4. The Morgan fingerprint density at radius 1 is 1.04 bits per heavy atom. The van der Waals surface area contributed by atoms with Crippen LogP contribution in [0, 0.1) is 11.3 Å². The van der Waals surface area contributed by atoms with E-state index in [0.717, 1.165) is 25.2 Å². The Morgan fingerprint density at radius 2 is 1.78 bits per heavy atom. The van der Waals surface area contributed by atoms with Crippen molar-refractivity contribution in [3.05, 3.63) is 57.5 Å². The Hall–Kier alpha value is -5.18. The van der Waals surface area contributed by atoms with E-state index in [9.17, 15) is 24.6 Å². The fraction of sp³-hybridized carbons (Fsp3) is 0.500. The molecule has 0 radical (unpaired) electrons. The van der Waals surface area contributed by atoms with Crippen molar-refractivity contribution in [3.8, 4) is 23.1 Å². The van der Waals surface area contributed by atoms with E-state index in [1.54, 1.807) is 23.2 Å². The summed E-state index contributed by atoms with van der Waals surface area (Å²) < 4.78 is 12.3. The number of ether oxygens (including phenoxy) is 2. The monoisotopic (exact) mass is 698 g/mol. The molecule has 5 aliphatic rings. The van der Waals surface area contributed by atoms with E-state index in [0.29, 0.717) is 59.3 Å². The lowest BCUT2D eigenvalue weighted by atomic mass is 9.37. The molecule has 2 amide bonds. The van der Waals surface area contributed by atoms with Gasteiger partial charge in [-0.3, -0.25) is 14.4 Å². The van der Waals surface area contributed by atoms with Gasteiger partial charge in [-0.15, -0.1) is 15.0 Å². The van der Waals surface area contributed by atoms with Gasteiger partial charge in [-0.2, -0.15) is 0 Å². The van der Waals surface area contributed by atoms with Gasteiger partial charge in [-0.05, 0) is 67.6 Å². The van der Waals surface area contributed by atoms with Crippen molar-refractivity contribution in [2.24, 2.45) is 11.3 Å². The number of fused-ring (bicyclic) bond motifs is 1. The van der Waals surface area contributed by atoms with Crippen molar-refractivity contribution in [1.82, 2.24) is 34.8 Å². The zero-order valence-corrected chi connectivity index (χ0v) is 29.0. The quantitative estimate of drug-likeness (QED) is 0.209. The van der Waals surface area contributed by atoms with E-state index in [4.69, 9.17) is 14.6 Å². The highest BCUT2D eigenvalue weighted by molar-refractivity contribution is 5.98. The summed E-state index contributed by atoms with van der Waals surface area (Å²) >= 11 is 0. The molecule has 0 spiro atoms. The Labute approximate surface area is 293 Å². The van der Waals surface area contributed by atoms with Crippen LogP contribution in [0.4, 0.5) is 5.69 Å². The molecule has 15 heteroatoms. The number of phenols is 1. The van der Waals surface area contributed by atoms with Crippen LogP contribution in [-0.4, -0.2) is 97.4 Å². The normalized spacial score (nSPS) is 22.4. The van der Waals surface area contributed by atoms with E-state index in [1.165, 1.54) is 44.0 Å². The Morgan fingerprint density at radius 3 is 2.43 bits per heavy atom. The number of aliphatic hydroxyl groups is 1. The van der Waals surface area contributed by atoms with Gasteiger partial charge < -0.3 is 39.4 Å². The molecule has 3 N–H and O–H groups in total. The molecule has 268 valence electrons. The van der Waals surface area contributed by atoms with Crippen molar-refractivity contribution in [3.63, 3.8) is 0 Å². The van der Waals surface area contributed by atoms with Crippen molar-refractivity contribution >= 4 is 28.7 Å². The molecule has 5 fully saturated rings. The molecule has 1 aromatic carbocycles. The summed E-state index contributed by atoms with van der Waals surface area (Å²) in [5.41, 5.74) is 2.32. The minimum atomic E-state index is -0.450. The number of piperazine rings is 1. The molecule has 4 saturated carbocycles. The van der Waals surface area contributed by atoms with Gasteiger partial charge in [-0.25, -0.2) is 4.98 Å². The minimum Gasteiger partial charge on any atom is -0.507 e. The number of carbonyl (C=O) groups is 2. The number of anilines is 1. The van der Waals surface area contributed by atoms with Crippen LogP contribution in [0.5, 0.6) is 17.4 Å². The highest BCUT2D eigenvalue weighted by atomic mass is 16.5. The third-order valence-electron chi connectivity index (χ3n) is 11.3. The number of phenolic OH excluding ortho intramolecular Hbond substituents is 1. The fourth-order valence-electron chi connectivity index (χ4n) is 8.78. The van der Waals surface area contributed by atoms with Gasteiger partial charge in [0.2, 0.25) is 17.2 Å². The number of hydrogen-bond donors (Lipinski definition) is 3. The van der Waals surface area contributed by atoms with Crippen molar-refractivity contribution in [2.75, 3.05) is 45.3 Å². The number of nitrogens with one attached hydrogen (secondary N) is 1. The summed E-state index contributed by atoms with van der Waals surface area (Å²) in [6.07, 6.45) is 7.74. The Kier molecular flexibility index (Phi) is 7.92. The second-order valence-corrected chi connectivity index (χ2v) is 14.4. The molecule has 2 bridgehead atoms. The number of methoxy groups -OCH3 is 2. The topological polar surface area (TPSA) is 177 Å². The van der Waals surface area contributed by atoms with Crippen LogP contribution in [-0.2, 0) is 24.4 Å².